The maximum atomic E-state index is 11.6. The molecule has 26 heavy (non-hydrogen) atoms. The normalized spacial score (nSPS) is 25.1. The van der Waals surface area contributed by atoms with E-state index in [0.29, 0.717) is 16.0 Å². The van der Waals surface area contributed by atoms with Crippen molar-refractivity contribution in [1.82, 2.24) is 4.98 Å². The van der Waals surface area contributed by atoms with Crippen molar-refractivity contribution in [2.75, 3.05) is 5.75 Å². The molecule has 0 bridgehead atoms. The van der Waals surface area contributed by atoms with Crippen LogP contribution in [0.5, 0.6) is 5.75 Å². The van der Waals surface area contributed by atoms with Gasteiger partial charge in [-0.2, -0.15) is 0 Å². The summed E-state index contributed by atoms with van der Waals surface area (Å²) in [4.78, 5) is 38.5. The quantitative estimate of drug-likeness (QED) is 0.495. The van der Waals surface area contributed by atoms with Crippen molar-refractivity contribution in [2.24, 2.45) is 0 Å². The number of esters is 3. The number of carbonyl (C=O) groups is 3. The zero-order chi connectivity index (χ0) is 19.3. The van der Waals surface area contributed by atoms with Gasteiger partial charge in [0.2, 0.25) is 0 Å². The van der Waals surface area contributed by atoms with Crippen molar-refractivity contribution in [3.63, 3.8) is 0 Å². The number of halogens is 1. The molecule has 1 fully saturated rings. The third kappa shape index (κ3) is 5.60. The predicted molar refractivity (Wildman–Crippen MR) is 95.5 cm³/mol. The summed E-state index contributed by atoms with van der Waals surface area (Å²) in [6.07, 6.45) is 0.387. The molecule has 8 nitrogen and oxygen atoms in total. The standard InChI is InChI=1S/C16H18BrNO7S/c1-8(19)22-13-7-26-16(25-12-6-18-5-4-11(12)17)15(24-10(3)21)14(13)23-9(2)20/h4-6,13-16H,7H2,1-3H3/t13-,14+,15-,16+/m1/s1. The van der Waals surface area contributed by atoms with Crippen LogP contribution in [-0.2, 0) is 28.6 Å². The van der Waals surface area contributed by atoms with E-state index in [-0.39, 0.29) is 0 Å². The van der Waals surface area contributed by atoms with Gasteiger partial charge >= 0.3 is 17.9 Å². The number of nitrogens with zero attached hydrogens (tertiary/aromatic N) is 1. The first-order valence-corrected chi connectivity index (χ1v) is 9.51. The zero-order valence-electron chi connectivity index (χ0n) is 14.3. The van der Waals surface area contributed by atoms with Crippen molar-refractivity contribution in [3.8, 4) is 5.75 Å². The molecule has 2 rings (SSSR count). The molecule has 0 amide bonds. The first-order valence-electron chi connectivity index (χ1n) is 7.67. The number of pyridine rings is 1. The minimum atomic E-state index is -0.984. The lowest BCUT2D eigenvalue weighted by Crippen LogP contribution is -2.55. The summed E-state index contributed by atoms with van der Waals surface area (Å²) >= 11 is 4.64. The van der Waals surface area contributed by atoms with Crippen molar-refractivity contribution >= 4 is 45.6 Å². The van der Waals surface area contributed by atoms with Gasteiger partial charge in [0.1, 0.15) is 0 Å². The average Bonchev–Trinajstić information content (AvgIpc) is 2.53. The number of rotatable bonds is 5. The predicted octanol–water partition coefficient (Wildman–Crippen LogP) is 2.09. The molecule has 142 valence electrons. The molecule has 0 N–H and O–H groups in total. The highest BCUT2D eigenvalue weighted by Gasteiger charge is 2.47. The second-order valence-corrected chi connectivity index (χ2v) is 7.41. The Balaban J connectivity index is 2.29. The molecular weight excluding hydrogens is 430 g/mol. The van der Waals surface area contributed by atoms with Crippen molar-refractivity contribution < 1.29 is 33.3 Å². The fourth-order valence-corrected chi connectivity index (χ4v) is 3.91. The van der Waals surface area contributed by atoms with E-state index < -0.39 is 41.7 Å². The van der Waals surface area contributed by atoms with Gasteiger partial charge in [0.25, 0.3) is 0 Å². The molecule has 0 radical (unpaired) electrons. The van der Waals surface area contributed by atoms with Crippen LogP contribution in [0.25, 0.3) is 0 Å². The third-order valence-corrected chi connectivity index (χ3v) is 5.15. The van der Waals surface area contributed by atoms with Gasteiger partial charge in [0.05, 0.1) is 10.7 Å². The van der Waals surface area contributed by atoms with Gasteiger partial charge in [0, 0.05) is 32.7 Å². The summed E-state index contributed by atoms with van der Waals surface area (Å²) in [7, 11) is 0. The van der Waals surface area contributed by atoms with E-state index in [1.165, 1.54) is 38.7 Å². The summed E-state index contributed by atoms with van der Waals surface area (Å²) in [5.41, 5.74) is -0.685. The molecule has 0 spiro atoms. The van der Waals surface area contributed by atoms with Gasteiger partial charge < -0.3 is 18.9 Å². The molecule has 2 heterocycles. The van der Waals surface area contributed by atoms with Crippen LogP contribution in [0.2, 0.25) is 0 Å². The molecule has 0 aliphatic carbocycles. The van der Waals surface area contributed by atoms with E-state index in [1.54, 1.807) is 12.3 Å². The summed E-state index contributed by atoms with van der Waals surface area (Å²) in [5.74, 6) is -0.941. The van der Waals surface area contributed by atoms with E-state index in [4.69, 9.17) is 18.9 Å². The van der Waals surface area contributed by atoms with E-state index in [2.05, 4.69) is 20.9 Å². The van der Waals surface area contributed by atoms with Gasteiger partial charge in [-0.3, -0.25) is 19.4 Å². The molecule has 0 saturated carbocycles. The molecule has 1 aliphatic rings. The summed E-state index contributed by atoms with van der Waals surface area (Å²) in [6, 6.07) is 1.70. The number of thioether (sulfide) groups is 1. The Bertz CT molecular complexity index is 686. The molecule has 1 aliphatic heterocycles. The van der Waals surface area contributed by atoms with Crippen LogP contribution in [-0.4, -0.2) is 52.4 Å². The Hall–Kier alpha value is -1.81. The van der Waals surface area contributed by atoms with Gasteiger partial charge in [-0.05, 0) is 22.0 Å². The van der Waals surface area contributed by atoms with Crippen molar-refractivity contribution in [1.29, 1.82) is 0 Å². The molecule has 1 aromatic rings. The average molecular weight is 448 g/mol. The molecule has 1 saturated heterocycles. The molecule has 10 heteroatoms. The SMILES string of the molecule is CC(=O)O[C@@H]1[C@@H](OC(C)=O)[C@@H](Oc2cnccc2Br)SC[C@H]1OC(C)=O. The highest BCUT2D eigenvalue weighted by atomic mass is 79.9. The Morgan fingerprint density at radius 3 is 2.27 bits per heavy atom. The highest BCUT2D eigenvalue weighted by Crippen LogP contribution is 2.35. The highest BCUT2D eigenvalue weighted by molar-refractivity contribution is 9.10. The number of aromatic nitrogens is 1. The van der Waals surface area contributed by atoms with Gasteiger partial charge in [-0.1, -0.05) is 0 Å². The zero-order valence-corrected chi connectivity index (χ0v) is 16.7. The minimum Gasteiger partial charge on any atom is -0.473 e. The van der Waals surface area contributed by atoms with E-state index >= 15 is 0 Å². The second-order valence-electron chi connectivity index (χ2n) is 5.42. The molecule has 4 atom stereocenters. The Labute approximate surface area is 163 Å². The van der Waals surface area contributed by atoms with Crippen LogP contribution in [0, 0.1) is 0 Å². The van der Waals surface area contributed by atoms with Crippen LogP contribution in [0.4, 0.5) is 0 Å². The first-order chi connectivity index (χ1) is 12.3. The van der Waals surface area contributed by atoms with Crippen LogP contribution >= 0.6 is 27.7 Å². The Morgan fingerprint density at radius 1 is 1.08 bits per heavy atom. The summed E-state index contributed by atoms with van der Waals surface area (Å²) in [6.45, 7) is 3.72. The van der Waals surface area contributed by atoms with Crippen LogP contribution in [0.15, 0.2) is 22.9 Å². The smallest absolute Gasteiger partial charge is 0.303 e. The number of hydrogen-bond acceptors (Lipinski definition) is 9. The topological polar surface area (TPSA) is 101 Å². The van der Waals surface area contributed by atoms with Crippen LogP contribution in [0.1, 0.15) is 20.8 Å². The molecule has 1 aromatic heterocycles. The second kappa shape index (κ2) is 9.22. The van der Waals surface area contributed by atoms with Gasteiger partial charge in [-0.25, -0.2) is 0 Å². The van der Waals surface area contributed by atoms with E-state index in [1.807, 2.05) is 0 Å². The lowest BCUT2D eigenvalue weighted by molar-refractivity contribution is -0.186. The number of carbonyl (C=O) groups excluding carboxylic acids is 3. The van der Waals surface area contributed by atoms with E-state index in [9.17, 15) is 14.4 Å². The lowest BCUT2D eigenvalue weighted by atomic mass is 10.1. The van der Waals surface area contributed by atoms with Crippen LogP contribution in [0.3, 0.4) is 0 Å². The number of hydrogen-bond donors (Lipinski definition) is 0. The lowest BCUT2D eigenvalue weighted by Gasteiger charge is -2.39. The minimum absolute atomic E-state index is 0.303. The molecule has 0 unspecified atom stereocenters. The maximum Gasteiger partial charge on any atom is 0.303 e. The Morgan fingerprint density at radius 2 is 1.69 bits per heavy atom. The summed E-state index contributed by atoms with van der Waals surface area (Å²) < 4.78 is 22.5. The molecule has 0 aromatic carbocycles. The maximum absolute atomic E-state index is 11.6. The van der Waals surface area contributed by atoms with E-state index in [0.717, 1.165) is 0 Å². The first kappa shape index (κ1) is 20.5. The number of ether oxygens (including phenoxy) is 4. The monoisotopic (exact) mass is 447 g/mol. The Kier molecular flexibility index (Phi) is 7.27. The molecular formula is C16H18BrNO7S. The van der Waals surface area contributed by atoms with Crippen molar-refractivity contribution in [2.45, 2.75) is 44.5 Å². The van der Waals surface area contributed by atoms with Gasteiger partial charge in [0.15, 0.2) is 29.5 Å². The van der Waals surface area contributed by atoms with Crippen molar-refractivity contribution in [3.05, 3.63) is 22.9 Å². The third-order valence-electron chi connectivity index (χ3n) is 3.28. The largest absolute Gasteiger partial charge is 0.473 e. The van der Waals surface area contributed by atoms with Gasteiger partial charge in [-0.15, -0.1) is 11.8 Å². The van der Waals surface area contributed by atoms with Crippen LogP contribution < -0.4 is 4.74 Å². The fourth-order valence-electron chi connectivity index (χ4n) is 2.38. The fraction of sp³-hybridized carbons (Fsp3) is 0.500. The summed E-state index contributed by atoms with van der Waals surface area (Å²) in [5, 5.41) is 0.